The molecule has 1 aromatic carbocycles. The standard InChI is InChI=1S/C15H15N3O3S/c1-2-5-15(9-17-7-6-16-10-17)14(19)12-4-3-11(18(20)21)8-13(12)22-15/h2-4,6-8,10,14,19H,1,5,9H2/t14-,15-/m0/s1. The van der Waals surface area contributed by atoms with Crippen LogP contribution in [0.25, 0.3) is 0 Å². The van der Waals surface area contributed by atoms with Gasteiger partial charge in [0.2, 0.25) is 0 Å². The molecular formula is C15H15N3O3S. The molecule has 1 N–H and O–H groups in total. The van der Waals surface area contributed by atoms with Gasteiger partial charge in [-0.2, -0.15) is 0 Å². The third kappa shape index (κ3) is 2.42. The van der Waals surface area contributed by atoms with Crippen molar-refractivity contribution in [2.75, 3.05) is 0 Å². The fraction of sp³-hybridized carbons (Fsp3) is 0.267. The van der Waals surface area contributed by atoms with E-state index >= 15 is 0 Å². The molecule has 0 fully saturated rings. The highest BCUT2D eigenvalue weighted by atomic mass is 32.2. The molecule has 2 heterocycles. The van der Waals surface area contributed by atoms with Crippen molar-refractivity contribution in [3.63, 3.8) is 0 Å². The van der Waals surface area contributed by atoms with Crippen molar-refractivity contribution >= 4 is 17.4 Å². The Labute approximate surface area is 131 Å². The van der Waals surface area contributed by atoms with Gasteiger partial charge in [0.1, 0.15) is 0 Å². The maximum absolute atomic E-state index is 10.9. The molecule has 0 spiro atoms. The minimum atomic E-state index is -0.714. The van der Waals surface area contributed by atoms with Crippen LogP contribution < -0.4 is 0 Å². The number of imidazole rings is 1. The van der Waals surface area contributed by atoms with Gasteiger partial charge in [-0.3, -0.25) is 10.1 Å². The number of allylic oxidation sites excluding steroid dienone is 1. The molecular weight excluding hydrogens is 302 g/mol. The number of benzene rings is 1. The van der Waals surface area contributed by atoms with Crippen LogP contribution in [0.5, 0.6) is 0 Å². The molecule has 1 aliphatic rings. The second kappa shape index (κ2) is 5.58. The minimum Gasteiger partial charge on any atom is -0.387 e. The molecule has 2 atom stereocenters. The summed E-state index contributed by atoms with van der Waals surface area (Å²) in [5.74, 6) is 0. The molecule has 0 saturated carbocycles. The summed E-state index contributed by atoms with van der Waals surface area (Å²) in [5.41, 5.74) is 0.771. The summed E-state index contributed by atoms with van der Waals surface area (Å²) >= 11 is 1.47. The van der Waals surface area contributed by atoms with Gasteiger partial charge in [0.25, 0.3) is 5.69 Å². The lowest BCUT2D eigenvalue weighted by Gasteiger charge is -2.31. The van der Waals surface area contributed by atoms with Gasteiger partial charge in [-0.05, 0) is 18.1 Å². The average Bonchev–Trinajstić information content (AvgIpc) is 3.07. The van der Waals surface area contributed by atoms with Crippen LogP contribution in [0.2, 0.25) is 0 Å². The quantitative estimate of drug-likeness (QED) is 0.521. The average molecular weight is 317 g/mol. The third-order valence-electron chi connectivity index (χ3n) is 3.81. The summed E-state index contributed by atoms with van der Waals surface area (Å²) in [6, 6.07) is 4.61. The van der Waals surface area contributed by atoms with Crippen molar-refractivity contribution in [3.8, 4) is 0 Å². The van der Waals surface area contributed by atoms with Crippen molar-refractivity contribution in [1.29, 1.82) is 0 Å². The molecule has 6 nitrogen and oxygen atoms in total. The van der Waals surface area contributed by atoms with Crippen molar-refractivity contribution in [1.82, 2.24) is 9.55 Å². The van der Waals surface area contributed by atoms with E-state index in [4.69, 9.17) is 0 Å². The second-order valence-corrected chi connectivity index (χ2v) is 6.73. The highest BCUT2D eigenvalue weighted by Crippen LogP contribution is 2.55. The summed E-state index contributed by atoms with van der Waals surface area (Å²) in [7, 11) is 0. The van der Waals surface area contributed by atoms with E-state index in [-0.39, 0.29) is 5.69 Å². The first-order valence-electron chi connectivity index (χ1n) is 6.78. The van der Waals surface area contributed by atoms with Gasteiger partial charge in [0.15, 0.2) is 0 Å². The van der Waals surface area contributed by atoms with Crippen LogP contribution in [0.15, 0.2) is 54.5 Å². The van der Waals surface area contributed by atoms with E-state index in [1.165, 1.54) is 23.9 Å². The highest BCUT2D eigenvalue weighted by molar-refractivity contribution is 8.01. The second-order valence-electron chi connectivity index (χ2n) is 5.28. The van der Waals surface area contributed by atoms with Crippen LogP contribution >= 0.6 is 11.8 Å². The molecule has 114 valence electrons. The van der Waals surface area contributed by atoms with Crippen LogP contribution in [0.3, 0.4) is 0 Å². The minimum absolute atomic E-state index is 0.0375. The Bertz CT molecular complexity index is 717. The van der Waals surface area contributed by atoms with Gasteiger partial charge in [0, 0.05) is 36.0 Å². The molecule has 7 heteroatoms. The Balaban J connectivity index is 1.99. The van der Waals surface area contributed by atoms with E-state index in [9.17, 15) is 15.2 Å². The Morgan fingerprint density at radius 3 is 3.05 bits per heavy atom. The molecule has 1 aliphatic heterocycles. The summed E-state index contributed by atoms with van der Waals surface area (Å²) in [6.45, 7) is 4.33. The van der Waals surface area contributed by atoms with E-state index in [2.05, 4.69) is 11.6 Å². The summed E-state index contributed by atoms with van der Waals surface area (Å²) in [5, 5.41) is 21.7. The molecule has 2 aromatic rings. The first-order chi connectivity index (χ1) is 10.6. The first-order valence-corrected chi connectivity index (χ1v) is 7.59. The normalized spacial score (nSPS) is 23.2. The molecule has 0 radical (unpaired) electrons. The lowest BCUT2D eigenvalue weighted by molar-refractivity contribution is -0.385. The summed E-state index contributed by atoms with van der Waals surface area (Å²) in [6.07, 6.45) is 6.86. The number of aliphatic hydroxyl groups excluding tert-OH is 1. The van der Waals surface area contributed by atoms with Gasteiger partial charge in [-0.1, -0.05) is 6.08 Å². The number of hydrogen-bond donors (Lipinski definition) is 1. The van der Waals surface area contributed by atoms with Gasteiger partial charge >= 0.3 is 0 Å². The van der Waals surface area contributed by atoms with Crippen molar-refractivity contribution in [2.24, 2.45) is 0 Å². The monoisotopic (exact) mass is 317 g/mol. The lowest BCUT2D eigenvalue weighted by atomic mass is 9.92. The predicted molar refractivity (Wildman–Crippen MR) is 83.7 cm³/mol. The van der Waals surface area contributed by atoms with Gasteiger partial charge < -0.3 is 9.67 Å². The maximum Gasteiger partial charge on any atom is 0.270 e. The molecule has 0 aliphatic carbocycles. The Hall–Kier alpha value is -2.12. The van der Waals surface area contributed by atoms with Crippen molar-refractivity contribution in [3.05, 3.63) is 65.3 Å². The zero-order valence-electron chi connectivity index (χ0n) is 11.8. The number of nitrogens with zero attached hydrogens (tertiary/aromatic N) is 3. The highest BCUT2D eigenvalue weighted by Gasteiger charge is 2.46. The molecule has 3 rings (SSSR count). The van der Waals surface area contributed by atoms with Gasteiger partial charge in [-0.25, -0.2) is 4.98 Å². The maximum atomic E-state index is 10.9. The van der Waals surface area contributed by atoms with Gasteiger partial charge in [-0.15, -0.1) is 18.3 Å². The van der Waals surface area contributed by atoms with E-state index in [1.807, 2.05) is 10.8 Å². The predicted octanol–water partition coefficient (Wildman–Crippen LogP) is 2.95. The van der Waals surface area contributed by atoms with E-state index < -0.39 is 15.8 Å². The van der Waals surface area contributed by atoms with Crippen molar-refractivity contribution < 1.29 is 10.0 Å². The molecule has 0 bridgehead atoms. The number of rotatable bonds is 5. The number of aliphatic hydroxyl groups is 1. The van der Waals surface area contributed by atoms with Crippen LogP contribution in [-0.4, -0.2) is 24.3 Å². The number of hydrogen-bond acceptors (Lipinski definition) is 5. The van der Waals surface area contributed by atoms with Crippen LogP contribution in [0.4, 0.5) is 5.69 Å². The van der Waals surface area contributed by atoms with Crippen molar-refractivity contribution in [2.45, 2.75) is 28.7 Å². The fourth-order valence-corrected chi connectivity index (χ4v) is 4.35. The van der Waals surface area contributed by atoms with Gasteiger partial charge in [0.05, 0.1) is 22.1 Å². The fourth-order valence-electron chi connectivity index (χ4n) is 2.78. The zero-order chi connectivity index (χ0) is 15.7. The Morgan fingerprint density at radius 1 is 1.59 bits per heavy atom. The summed E-state index contributed by atoms with van der Waals surface area (Å²) < 4.78 is 1.38. The summed E-state index contributed by atoms with van der Waals surface area (Å²) in [4.78, 5) is 15.3. The molecule has 0 unspecified atom stereocenters. The van der Waals surface area contributed by atoms with Crippen LogP contribution in [0.1, 0.15) is 18.1 Å². The van der Waals surface area contributed by atoms with E-state index in [0.717, 1.165) is 10.5 Å². The number of nitro groups is 1. The topological polar surface area (TPSA) is 81.2 Å². The smallest absolute Gasteiger partial charge is 0.270 e. The number of thioether (sulfide) groups is 1. The Morgan fingerprint density at radius 2 is 2.41 bits per heavy atom. The number of non-ortho nitro benzene ring substituents is 1. The largest absolute Gasteiger partial charge is 0.387 e. The Kier molecular flexibility index (Phi) is 3.76. The molecule has 22 heavy (non-hydrogen) atoms. The van der Waals surface area contributed by atoms with E-state index in [1.54, 1.807) is 24.7 Å². The lowest BCUT2D eigenvalue weighted by Crippen LogP contribution is -2.33. The zero-order valence-corrected chi connectivity index (χ0v) is 12.6. The molecule has 0 amide bonds. The number of nitro benzene ring substituents is 1. The SMILES string of the molecule is C=CC[C@@]1(Cn2ccnc2)Sc2cc([N+](=O)[O-])ccc2[C@@H]1O. The first kappa shape index (κ1) is 14.8. The number of aromatic nitrogens is 2. The molecule has 1 aromatic heterocycles. The molecule has 0 saturated heterocycles. The van der Waals surface area contributed by atoms with Crippen LogP contribution in [-0.2, 0) is 6.54 Å². The van der Waals surface area contributed by atoms with Crippen LogP contribution in [0, 0.1) is 10.1 Å². The number of fused-ring (bicyclic) bond motifs is 1. The van der Waals surface area contributed by atoms with E-state index in [0.29, 0.717) is 13.0 Å². The third-order valence-corrected chi connectivity index (χ3v) is 5.31.